The summed E-state index contributed by atoms with van der Waals surface area (Å²) in [5.41, 5.74) is 1.45. The molecular weight excluding hydrogens is 406 g/mol. The molecule has 0 aromatic heterocycles. The molecule has 2 fully saturated rings. The Labute approximate surface area is 177 Å². The molecular formula is C21H29N3O5S. The van der Waals surface area contributed by atoms with Crippen LogP contribution in [0.25, 0.3) is 0 Å². The van der Waals surface area contributed by atoms with Gasteiger partial charge in [0.1, 0.15) is 6.54 Å². The summed E-state index contributed by atoms with van der Waals surface area (Å²) in [6, 6.07) is 6.75. The van der Waals surface area contributed by atoms with Gasteiger partial charge in [-0.15, -0.1) is 0 Å². The molecule has 0 spiro atoms. The van der Waals surface area contributed by atoms with Crippen molar-refractivity contribution in [3.63, 3.8) is 0 Å². The van der Waals surface area contributed by atoms with Crippen molar-refractivity contribution in [1.29, 1.82) is 0 Å². The molecule has 3 rings (SSSR count). The van der Waals surface area contributed by atoms with E-state index in [-0.39, 0.29) is 54.4 Å². The molecule has 1 aromatic rings. The Morgan fingerprint density at radius 1 is 1.03 bits per heavy atom. The zero-order valence-electron chi connectivity index (χ0n) is 17.4. The van der Waals surface area contributed by atoms with E-state index in [1.807, 2.05) is 0 Å². The summed E-state index contributed by atoms with van der Waals surface area (Å²) < 4.78 is 26.5. The number of carbonyl (C=O) groups is 3. The predicted molar refractivity (Wildman–Crippen MR) is 111 cm³/mol. The highest BCUT2D eigenvalue weighted by Gasteiger charge is 2.48. The number of likely N-dealkylation sites (tertiary alicyclic amines) is 1. The molecule has 1 saturated heterocycles. The minimum absolute atomic E-state index is 0.112. The van der Waals surface area contributed by atoms with E-state index in [1.54, 1.807) is 38.1 Å². The monoisotopic (exact) mass is 435 g/mol. The van der Waals surface area contributed by atoms with Crippen LogP contribution in [0.4, 0.5) is 0 Å². The van der Waals surface area contributed by atoms with E-state index in [4.69, 9.17) is 0 Å². The number of nitrogens with zero attached hydrogens (tertiary/aromatic N) is 1. The van der Waals surface area contributed by atoms with Gasteiger partial charge < -0.3 is 5.32 Å². The SMILES string of the molecule is CC(C)NS(=O)(=O)Cc1ccc(CNC(=O)CN2C(=O)C3CCCCC3C2=O)cc1. The Morgan fingerprint density at radius 2 is 1.57 bits per heavy atom. The van der Waals surface area contributed by atoms with Crippen LogP contribution < -0.4 is 10.0 Å². The lowest BCUT2D eigenvalue weighted by atomic mass is 9.81. The molecule has 1 aliphatic heterocycles. The Morgan fingerprint density at radius 3 is 2.10 bits per heavy atom. The first kappa shape index (κ1) is 22.4. The molecule has 3 amide bonds. The second-order valence-corrected chi connectivity index (χ2v) is 10.1. The third-order valence-corrected chi connectivity index (χ3v) is 7.06. The van der Waals surface area contributed by atoms with Crippen LogP contribution in [-0.4, -0.2) is 43.6 Å². The fraction of sp³-hybridized carbons (Fsp3) is 0.571. The second kappa shape index (κ2) is 9.26. The van der Waals surface area contributed by atoms with Crippen molar-refractivity contribution < 1.29 is 22.8 Å². The molecule has 2 N–H and O–H groups in total. The van der Waals surface area contributed by atoms with E-state index in [1.165, 1.54) is 0 Å². The number of hydrogen-bond donors (Lipinski definition) is 2. The number of fused-ring (bicyclic) bond motifs is 1. The maximum atomic E-state index is 12.4. The maximum Gasteiger partial charge on any atom is 0.240 e. The molecule has 1 aromatic carbocycles. The lowest BCUT2D eigenvalue weighted by molar-refractivity contribution is -0.143. The quantitative estimate of drug-likeness (QED) is 0.598. The summed E-state index contributed by atoms with van der Waals surface area (Å²) in [5.74, 6) is -1.45. The van der Waals surface area contributed by atoms with Crippen LogP contribution in [0.3, 0.4) is 0 Å². The highest BCUT2D eigenvalue weighted by atomic mass is 32.2. The fourth-order valence-corrected chi connectivity index (χ4v) is 5.59. The number of amides is 3. The van der Waals surface area contributed by atoms with Gasteiger partial charge in [-0.05, 0) is 37.8 Å². The van der Waals surface area contributed by atoms with E-state index in [2.05, 4.69) is 10.0 Å². The summed E-state index contributed by atoms with van der Waals surface area (Å²) in [6.45, 7) is 3.52. The summed E-state index contributed by atoms with van der Waals surface area (Å²) in [6.07, 6.45) is 3.35. The van der Waals surface area contributed by atoms with Crippen LogP contribution in [0.2, 0.25) is 0 Å². The third kappa shape index (κ3) is 5.46. The van der Waals surface area contributed by atoms with Gasteiger partial charge in [0, 0.05) is 12.6 Å². The van der Waals surface area contributed by atoms with Crippen molar-refractivity contribution in [2.75, 3.05) is 6.54 Å². The van der Waals surface area contributed by atoms with E-state index < -0.39 is 10.0 Å². The molecule has 1 saturated carbocycles. The van der Waals surface area contributed by atoms with Gasteiger partial charge in [0.2, 0.25) is 27.7 Å². The summed E-state index contributed by atoms with van der Waals surface area (Å²) in [4.78, 5) is 38.3. The molecule has 0 bridgehead atoms. The van der Waals surface area contributed by atoms with Crippen molar-refractivity contribution in [3.8, 4) is 0 Å². The smallest absolute Gasteiger partial charge is 0.240 e. The van der Waals surface area contributed by atoms with Crippen LogP contribution in [0, 0.1) is 11.8 Å². The highest BCUT2D eigenvalue weighted by Crippen LogP contribution is 2.37. The molecule has 0 radical (unpaired) electrons. The van der Waals surface area contributed by atoms with Crippen molar-refractivity contribution in [1.82, 2.24) is 14.9 Å². The summed E-state index contributed by atoms with van der Waals surface area (Å²) in [5, 5.41) is 2.73. The lowest BCUT2D eigenvalue weighted by Gasteiger charge is -2.19. The molecule has 9 heteroatoms. The van der Waals surface area contributed by atoms with Crippen LogP contribution in [0.1, 0.15) is 50.7 Å². The Hall–Kier alpha value is -2.26. The van der Waals surface area contributed by atoms with Gasteiger partial charge in [-0.3, -0.25) is 19.3 Å². The first-order chi connectivity index (χ1) is 14.2. The van der Waals surface area contributed by atoms with E-state index >= 15 is 0 Å². The van der Waals surface area contributed by atoms with E-state index in [0.717, 1.165) is 36.1 Å². The minimum atomic E-state index is -3.39. The van der Waals surface area contributed by atoms with Gasteiger partial charge in [-0.1, -0.05) is 37.1 Å². The van der Waals surface area contributed by atoms with Crippen molar-refractivity contribution in [2.45, 2.75) is 57.9 Å². The van der Waals surface area contributed by atoms with Crippen LogP contribution in [-0.2, 0) is 36.7 Å². The largest absolute Gasteiger partial charge is 0.350 e. The van der Waals surface area contributed by atoms with Gasteiger partial charge in [-0.2, -0.15) is 0 Å². The molecule has 2 aliphatic rings. The number of rotatable bonds is 8. The minimum Gasteiger partial charge on any atom is -0.350 e. The molecule has 30 heavy (non-hydrogen) atoms. The van der Waals surface area contributed by atoms with Crippen molar-refractivity contribution in [2.24, 2.45) is 11.8 Å². The first-order valence-electron chi connectivity index (χ1n) is 10.4. The van der Waals surface area contributed by atoms with E-state index in [9.17, 15) is 22.8 Å². The number of hydrogen-bond acceptors (Lipinski definition) is 5. The Kier molecular flexibility index (Phi) is 6.92. The number of sulfonamides is 1. The van der Waals surface area contributed by atoms with Crippen LogP contribution in [0.5, 0.6) is 0 Å². The van der Waals surface area contributed by atoms with Crippen LogP contribution in [0.15, 0.2) is 24.3 Å². The molecule has 8 nitrogen and oxygen atoms in total. The number of nitrogens with one attached hydrogen (secondary N) is 2. The normalized spacial score (nSPS) is 21.8. The van der Waals surface area contributed by atoms with E-state index in [0.29, 0.717) is 5.56 Å². The third-order valence-electron chi connectivity index (χ3n) is 5.52. The lowest BCUT2D eigenvalue weighted by Crippen LogP contribution is -2.40. The highest BCUT2D eigenvalue weighted by molar-refractivity contribution is 7.88. The second-order valence-electron chi connectivity index (χ2n) is 8.38. The maximum absolute atomic E-state index is 12.4. The average Bonchev–Trinajstić information content (AvgIpc) is 2.91. The Bertz CT molecular complexity index is 887. The van der Waals surface area contributed by atoms with Crippen LogP contribution >= 0.6 is 0 Å². The number of carbonyl (C=O) groups excluding carboxylic acids is 3. The number of imide groups is 1. The van der Waals surface area contributed by atoms with Gasteiger partial charge in [0.05, 0.1) is 17.6 Å². The zero-order chi connectivity index (χ0) is 21.9. The van der Waals surface area contributed by atoms with Gasteiger partial charge in [0.15, 0.2) is 0 Å². The molecule has 1 aliphatic carbocycles. The molecule has 1 heterocycles. The summed E-state index contributed by atoms with van der Waals surface area (Å²) >= 11 is 0. The molecule has 164 valence electrons. The summed E-state index contributed by atoms with van der Waals surface area (Å²) in [7, 11) is -3.39. The topological polar surface area (TPSA) is 113 Å². The molecule has 2 atom stereocenters. The fourth-order valence-electron chi connectivity index (χ4n) is 4.16. The predicted octanol–water partition coefficient (Wildman–Crippen LogP) is 1.31. The van der Waals surface area contributed by atoms with Gasteiger partial charge in [0.25, 0.3) is 0 Å². The molecule has 2 unspecified atom stereocenters. The van der Waals surface area contributed by atoms with Gasteiger partial charge >= 0.3 is 0 Å². The Balaban J connectivity index is 1.50. The standard InChI is InChI=1S/C21H29N3O5S/c1-14(2)23-30(28,29)13-16-9-7-15(8-10-16)11-22-19(25)12-24-20(26)17-5-3-4-6-18(17)21(24)27/h7-10,14,17-18,23H,3-6,11-13H2,1-2H3,(H,22,25). The van der Waals surface area contributed by atoms with Gasteiger partial charge in [-0.25, -0.2) is 13.1 Å². The van der Waals surface area contributed by atoms with Crippen molar-refractivity contribution >= 4 is 27.7 Å². The zero-order valence-corrected chi connectivity index (χ0v) is 18.2. The average molecular weight is 436 g/mol. The van der Waals surface area contributed by atoms with Crippen molar-refractivity contribution in [3.05, 3.63) is 35.4 Å². The number of benzene rings is 1. The first-order valence-corrected chi connectivity index (χ1v) is 12.0.